The minimum absolute atomic E-state index is 0.290. The number of carbonyl (C=O) groups excluding carboxylic acids is 2. The number of aromatic nitrogens is 1. The first-order valence-corrected chi connectivity index (χ1v) is 12.8. The summed E-state index contributed by atoms with van der Waals surface area (Å²) in [6, 6.07) is 14.8. The fraction of sp³-hybridized carbons (Fsp3) is 0.233. The number of amides is 2. The van der Waals surface area contributed by atoms with E-state index in [1.807, 2.05) is 38.1 Å². The maximum Gasteiger partial charge on any atom is 0.323 e. The van der Waals surface area contributed by atoms with Crippen LogP contribution in [-0.2, 0) is 17.6 Å². The van der Waals surface area contributed by atoms with Crippen molar-refractivity contribution < 1.29 is 19.1 Å². The minimum Gasteiger partial charge on any atom is -0.479 e. The molecule has 0 saturated carbocycles. The van der Waals surface area contributed by atoms with Gasteiger partial charge in [0.2, 0.25) is 5.88 Å². The Morgan fingerprint density at radius 2 is 1.66 bits per heavy atom. The highest BCUT2D eigenvalue weighted by Crippen LogP contribution is 2.44. The standard InChI is InChI=1S/C30H28ClN3O4/c1-16-12-21(13-17(2)28(16)38-18(3)35)32-30(36)34-27-26(22-10-5-6-11-24(22)31)23-14-19-8-7-9-20(19)15-25(23)33-29(27)37-4/h5-6,10-15H,7-9H2,1-4H3,(H2,32,34,36). The Balaban J connectivity index is 1.59. The van der Waals surface area contributed by atoms with E-state index in [9.17, 15) is 9.59 Å². The van der Waals surface area contributed by atoms with Crippen molar-refractivity contribution in [2.45, 2.75) is 40.0 Å². The summed E-state index contributed by atoms with van der Waals surface area (Å²) >= 11 is 6.67. The van der Waals surface area contributed by atoms with E-state index in [4.69, 9.17) is 26.1 Å². The van der Waals surface area contributed by atoms with Gasteiger partial charge in [0.15, 0.2) is 0 Å². The van der Waals surface area contributed by atoms with Crippen LogP contribution < -0.4 is 20.1 Å². The molecule has 0 bridgehead atoms. The number of halogens is 1. The first-order chi connectivity index (χ1) is 18.2. The van der Waals surface area contributed by atoms with Gasteiger partial charge < -0.3 is 20.1 Å². The number of anilines is 2. The molecule has 1 aromatic heterocycles. The minimum atomic E-state index is -0.474. The molecular formula is C30H28ClN3O4. The summed E-state index contributed by atoms with van der Waals surface area (Å²) in [7, 11) is 1.53. The fourth-order valence-corrected chi connectivity index (χ4v) is 5.35. The van der Waals surface area contributed by atoms with Crippen LogP contribution in [0.1, 0.15) is 35.6 Å². The van der Waals surface area contributed by atoms with Crippen molar-refractivity contribution >= 4 is 45.9 Å². The number of carbonyl (C=O) groups is 2. The van der Waals surface area contributed by atoms with Gasteiger partial charge in [0.05, 0.1) is 12.6 Å². The smallest absolute Gasteiger partial charge is 0.323 e. The van der Waals surface area contributed by atoms with Gasteiger partial charge in [-0.3, -0.25) is 4.79 Å². The molecule has 1 aliphatic carbocycles. The zero-order valence-electron chi connectivity index (χ0n) is 21.7. The molecule has 3 aromatic carbocycles. The molecule has 0 fully saturated rings. The van der Waals surface area contributed by atoms with Crippen LogP contribution in [-0.4, -0.2) is 24.1 Å². The maximum absolute atomic E-state index is 13.3. The van der Waals surface area contributed by atoms with Crippen LogP contribution in [0, 0.1) is 13.8 Å². The summed E-state index contributed by atoms with van der Waals surface area (Å²) in [5.41, 5.74) is 7.32. The molecule has 2 amide bonds. The predicted molar refractivity (Wildman–Crippen MR) is 151 cm³/mol. The molecule has 7 nitrogen and oxygen atoms in total. The average molecular weight is 530 g/mol. The molecule has 1 heterocycles. The van der Waals surface area contributed by atoms with Gasteiger partial charge in [0.1, 0.15) is 11.4 Å². The lowest BCUT2D eigenvalue weighted by atomic mass is 9.96. The second-order valence-corrected chi connectivity index (χ2v) is 9.86. The number of ether oxygens (including phenoxy) is 2. The van der Waals surface area contributed by atoms with Gasteiger partial charge in [-0.05, 0) is 85.7 Å². The van der Waals surface area contributed by atoms with E-state index >= 15 is 0 Å². The third-order valence-corrected chi connectivity index (χ3v) is 7.03. The summed E-state index contributed by atoms with van der Waals surface area (Å²) in [6.07, 6.45) is 3.13. The molecule has 2 N–H and O–H groups in total. The van der Waals surface area contributed by atoms with Crippen molar-refractivity contribution in [2.75, 3.05) is 17.7 Å². The van der Waals surface area contributed by atoms with Crippen molar-refractivity contribution in [2.24, 2.45) is 0 Å². The average Bonchev–Trinajstić information content (AvgIpc) is 3.32. The molecule has 4 aromatic rings. The largest absolute Gasteiger partial charge is 0.479 e. The molecule has 38 heavy (non-hydrogen) atoms. The quantitative estimate of drug-likeness (QED) is 0.210. The Bertz CT molecular complexity index is 1580. The summed E-state index contributed by atoms with van der Waals surface area (Å²) in [4.78, 5) is 29.5. The number of rotatable bonds is 5. The van der Waals surface area contributed by atoms with Gasteiger partial charge in [0, 0.05) is 34.1 Å². The number of esters is 1. The van der Waals surface area contributed by atoms with E-state index in [0.29, 0.717) is 22.1 Å². The van der Waals surface area contributed by atoms with Gasteiger partial charge >= 0.3 is 12.0 Å². The van der Waals surface area contributed by atoms with Crippen LogP contribution in [0.5, 0.6) is 11.6 Å². The number of hydrogen-bond acceptors (Lipinski definition) is 5. The van der Waals surface area contributed by atoms with Gasteiger partial charge in [-0.15, -0.1) is 0 Å². The third-order valence-electron chi connectivity index (χ3n) is 6.70. The van der Waals surface area contributed by atoms with Gasteiger partial charge in [-0.1, -0.05) is 29.8 Å². The summed E-state index contributed by atoms with van der Waals surface area (Å²) in [5.74, 6) is 0.374. The molecule has 5 rings (SSSR count). The van der Waals surface area contributed by atoms with Crippen molar-refractivity contribution in [3.05, 3.63) is 75.8 Å². The van der Waals surface area contributed by atoms with E-state index in [1.165, 1.54) is 25.2 Å². The van der Waals surface area contributed by atoms with Crippen LogP contribution in [0.25, 0.3) is 22.0 Å². The van der Waals surface area contributed by atoms with E-state index in [0.717, 1.165) is 52.4 Å². The number of methoxy groups -OCH3 is 1. The molecule has 0 aliphatic heterocycles. The Labute approximate surface area is 226 Å². The lowest BCUT2D eigenvalue weighted by Gasteiger charge is -2.19. The van der Waals surface area contributed by atoms with Crippen LogP contribution in [0.2, 0.25) is 5.02 Å². The number of benzene rings is 3. The SMILES string of the molecule is COc1nc2cc3c(cc2c(-c2ccccc2Cl)c1NC(=O)Nc1cc(C)c(OC(C)=O)c(C)c1)CCC3. The number of aryl methyl sites for hydroxylation is 4. The Kier molecular flexibility index (Phi) is 6.95. The second kappa shape index (κ2) is 10.3. The van der Waals surface area contributed by atoms with Crippen molar-refractivity contribution in [1.29, 1.82) is 0 Å². The van der Waals surface area contributed by atoms with E-state index < -0.39 is 12.0 Å². The van der Waals surface area contributed by atoms with Gasteiger partial charge in [-0.2, -0.15) is 0 Å². The lowest BCUT2D eigenvalue weighted by molar-refractivity contribution is -0.131. The third kappa shape index (κ3) is 4.89. The molecule has 0 atom stereocenters. The first kappa shape index (κ1) is 25.5. The van der Waals surface area contributed by atoms with E-state index in [-0.39, 0.29) is 5.88 Å². The molecule has 0 radical (unpaired) electrons. The maximum atomic E-state index is 13.3. The lowest BCUT2D eigenvalue weighted by Crippen LogP contribution is -2.21. The number of urea groups is 1. The van der Waals surface area contributed by atoms with Crippen LogP contribution >= 0.6 is 11.6 Å². The highest BCUT2D eigenvalue weighted by Gasteiger charge is 2.23. The summed E-state index contributed by atoms with van der Waals surface area (Å²) in [5, 5.41) is 7.30. The Morgan fingerprint density at radius 1 is 0.974 bits per heavy atom. The molecule has 194 valence electrons. The fourth-order valence-electron chi connectivity index (χ4n) is 5.12. The van der Waals surface area contributed by atoms with Crippen molar-refractivity contribution in [3.8, 4) is 22.8 Å². The first-order valence-electron chi connectivity index (χ1n) is 12.4. The molecule has 1 aliphatic rings. The number of pyridine rings is 1. The zero-order valence-corrected chi connectivity index (χ0v) is 22.5. The van der Waals surface area contributed by atoms with Crippen LogP contribution in [0.3, 0.4) is 0 Å². The Hall–Kier alpha value is -4.10. The van der Waals surface area contributed by atoms with E-state index in [1.54, 1.807) is 12.1 Å². The number of fused-ring (bicyclic) bond motifs is 2. The summed E-state index contributed by atoms with van der Waals surface area (Å²) < 4.78 is 11.0. The summed E-state index contributed by atoms with van der Waals surface area (Å²) in [6.45, 7) is 4.99. The highest BCUT2D eigenvalue weighted by atomic mass is 35.5. The molecule has 0 spiro atoms. The number of hydrogen-bond donors (Lipinski definition) is 2. The second-order valence-electron chi connectivity index (χ2n) is 9.45. The van der Waals surface area contributed by atoms with Crippen molar-refractivity contribution in [3.63, 3.8) is 0 Å². The molecule has 0 saturated heterocycles. The molecular weight excluding hydrogens is 502 g/mol. The normalized spacial score (nSPS) is 12.2. The predicted octanol–water partition coefficient (Wildman–Crippen LogP) is 7.24. The monoisotopic (exact) mass is 529 g/mol. The molecule has 8 heteroatoms. The van der Waals surface area contributed by atoms with Gasteiger partial charge in [0.25, 0.3) is 0 Å². The zero-order chi connectivity index (χ0) is 27.0. The van der Waals surface area contributed by atoms with E-state index in [2.05, 4.69) is 22.8 Å². The molecule has 0 unspecified atom stereocenters. The number of nitrogens with zero attached hydrogens (tertiary/aromatic N) is 1. The van der Waals surface area contributed by atoms with Crippen molar-refractivity contribution in [1.82, 2.24) is 4.98 Å². The van der Waals surface area contributed by atoms with Gasteiger partial charge in [-0.25, -0.2) is 9.78 Å². The highest BCUT2D eigenvalue weighted by molar-refractivity contribution is 6.34. The Morgan fingerprint density at radius 3 is 2.32 bits per heavy atom. The van der Waals surface area contributed by atoms with Crippen LogP contribution in [0.4, 0.5) is 16.2 Å². The van der Waals surface area contributed by atoms with Crippen LogP contribution in [0.15, 0.2) is 48.5 Å². The number of nitrogens with one attached hydrogen (secondary N) is 2. The topological polar surface area (TPSA) is 89.6 Å².